The van der Waals surface area contributed by atoms with Gasteiger partial charge in [0.15, 0.2) is 6.10 Å². The summed E-state index contributed by atoms with van der Waals surface area (Å²) in [5.41, 5.74) is 8.09. The molecule has 1 unspecified atom stereocenters. The van der Waals surface area contributed by atoms with Gasteiger partial charge in [-0.2, -0.15) is 0 Å². The van der Waals surface area contributed by atoms with Gasteiger partial charge in [0.1, 0.15) is 12.3 Å². The lowest BCUT2D eigenvalue weighted by atomic mass is 10.1. The molecule has 2 amide bonds. The number of anilines is 2. The molecule has 3 rings (SSSR count). The summed E-state index contributed by atoms with van der Waals surface area (Å²) < 4.78 is 5.57. The molecule has 1 aliphatic rings. The second kappa shape index (κ2) is 8.58. The van der Waals surface area contributed by atoms with Crippen LogP contribution >= 0.6 is 12.4 Å². The highest BCUT2D eigenvalue weighted by Crippen LogP contribution is 2.33. The van der Waals surface area contributed by atoms with E-state index in [2.05, 4.69) is 5.32 Å². The molecule has 0 radical (unpaired) electrons. The van der Waals surface area contributed by atoms with Gasteiger partial charge in [0.2, 0.25) is 5.91 Å². The zero-order valence-electron chi connectivity index (χ0n) is 14.5. The van der Waals surface area contributed by atoms with Crippen LogP contribution < -0.4 is 20.7 Å². The van der Waals surface area contributed by atoms with Crippen molar-refractivity contribution in [3.63, 3.8) is 0 Å². The third-order valence-corrected chi connectivity index (χ3v) is 4.09. The molecular weight excluding hydrogens is 354 g/mol. The number of halogens is 1. The van der Waals surface area contributed by atoms with Crippen LogP contribution in [0.15, 0.2) is 48.5 Å². The molecule has 2 aromatic rings. The molecule has 2 aromatic carbocycles. The number of amides is 2. The maximum Gasteiger partial charge on any atom is 0.268 e. The number of fused-ring (bicyclic) bond motifs is 1. The SMILES string of the molecule is CC1Oc2ccccc2N(CC(=O)NCCc2ccc(N)cc2)C1=O.Cl. The summed E-state index contributed by atoms with van der Waals surface area (Å²) in [6.45, 7) is 2.16. The van der Waals surface area contributed by atoms with Crippen molar-refractivity contribution >= 4 is 35.6 Å². The molecular formula is C19H22ClN3O3. The normalized spacial score (nSPS) is 15.5. The number of para-hydroxylation sites is 2. The number of nitrogen functional groups attached to an aromatic ring is 1. The largest absolute Gasteiger partial charge is 0.479 e. The van der Waals surface area contributed by atoms with Crippen LogP contribution in [0.3, 0.4) is 0 Å². The van der Waals surface area contributed by atoms with E-state index in [-0.39, 0.29) is 30.8 Å². The summed E-state index contributed by atoms with van der Waals surface area (Å²) in [7, 11) is 0. The van der Waals surface area contributed by atoms with Crippen molar-refractivity contribution in [2.75, 3.05) is 23.7 Å². The summed E-state index contributed by atoms with van der Waals surface area (Å²) in [6, 6.07) is 14.8. The molecule has 1 atom stereocenters. The first-order chi connectivity index (χ1) is 12.0. The fourth-order valence-corrected chi connectivity index (χ4v) is 2.75. The molecule has 0 saturated heterocycles. The molecule has 1 heterocycles. The van der Waals surface area contributed by atoms with E-state index in [1.54, 1.807) is 19.1 Å². The van der Waals surface area contributed by atoms with Crippen LogP contribution in [0.1, 0.15) is 12.5 Å². The minimum atomic E-state index is -0.600. The first-order valence-electron chi connectivity index (χ1n) is 8.23. The van der Waals surface area contributed by atoms with Gasteiger partial charge in [-0.3, -0.25) is 14.5 Å². The third-order valence-electron chi connectivity index (χ3n) is 4.09. The molecule has 3 N–H and O–H groups in total. The summed E-state index contributed by atoms with van der Waals surface area (Å²) in [5.74, 6) is 0.198. The minimum Gasteiger partial charge on any atom is -0.479 e. The smallest absolute Gasteiger partial charge is 0.268 e. The lowest BCUT2D eigenvalue weighted by Crippen LogP contribution is -2.49. The minimum absolute atomic E-state index is 0. The fourth-order valence-electron chi connectivity index (χ4n) is 2.75. The van der Waals surface area contributed by atoms with Gasteiger partial charge < -0.3 is 15.8 Å². The number of rotatable bonds is 5. The summed E-state index contributed by atoms with van der Waals surface area (Å²) >= 11 is 0. The Hall–Kier alpha value is -2.73. The average molecular weight is 376 g/mol. The Morgan fingerprint density at radius 1 is 1.19 bits per heavy atom. The Bertz CT molecular complexity index is 780. The van der Waals surface area contributed by atoms with E-state index in [9.17, 15) is 9.59 Å². The van der Waals surface area contributed by atoms with Crippen molar-refractivity contribution in [1.82, 2.24) is 5.32 Å². The van der Waals surface area contributed by atoms with Gasteiger partial charge in [-0.1, -0.05) is 24.3 Å². The highest BCUT2D eigenvalue weighted by Gasteiger charge is 2.32. The maximum absolute atomic E-state index is 12.4. The molecule has 0 aliphatic carbocycles. The number of hydrogen-bond donors (Lipinski definition) is 2. The highest BCUT2D eigenvalue weighted by molar-refractivity contribution is 6.03. The number of nitrogens with one attached hydrogen (secondary N) is 1. The van der Waals surface area contributed by atoms with Crippen LogP contribution in [0.4, 0.5) is 11.4 Å². The monoisotopic (exact) mass is 375 g/mol. The number of hydrogen-bond acceptors (Lipinski definition) is 4. The van der Waals surface area contributed by atoms with E-state index in [0.29, 0.717) is 30.1 Å². The Balaban J connectivity index is 0.00000243. The second-order valence-corrected chi connectivity index (χ2v) is 5.99. The van der Waals surface area contributed by atoms with Gasteiger partial charge in [-0.15, -0.1) is 12.4 Å². The van der Waals surface area contributed by atoms with Crippen LogP contribution in [0.25, 0.3) is 0 Å². The predicted molar refractivity (Wildman–Crippen MR) is 104 cm³/mol. The predicted octanol–water partition coefficient (Wildman–Crippen LogP) is 2.16. The second-order valence-electron chi connectivity index (χ2n) is 5.99. The van der Waals surface area contributed by atoms with Gasteiger partial charge in [-0.25, -0.2) is 0 Å². The number of benzene rings is 2. The van der Waals surface area contributed by atoms with E-state index in [0.717, 1.165) is 5.56 Å². The molecule has 6 nitrogen and oxygen atoms in total. The van der Waals surface area contributed by atoms with Crippen LogP contribution in [0.5, 0.6) is 5.75 Å². The molecule has 26 heavy (non-hydrogen) atoms. The van der Waals surface area contributed by atoms with Gasteiger partial charge in [0.05, 0.1) is 5.69 Å². The molecule has 0 aromatic heterocycles. The van der Waals surface area contributed by atoms with Gasteiger partial charge in [0, 0.05) is 12.2 Å². The summed E-state index contributed by atoms with van der Waals surface area (Å²) in [6.07, 6.45) is 0.105. The zero-order valence-corrected chi connectivity index (χ0v) is 15.3. The third kappa shape index (κ3) is 4.46. The molecule has 1 aliphatic heterocycles. The topological polar surface area (TPSA) is 84.7 Å². The first-order valence-corrected chi connectivity index (χ1v) is 8.23. The van der Waals surface area contributed by atoms with Crippen molar-refractivity contribution in [3.8, 4) is 5.75 Å². The quantitative estimate of drug-likeness (QED) is 0.784. The molecule has 0 saturated carbocycles. The first kappa shape index (κ1) is 19.6. The number of ether oxygens (including phenoxy) is 1. The zero-order chi connectivity index (χ0) is 17.8. The summed E-state index contributed by atoms with van der Waals surface area (Å²) in [5, 5.41) is 2.85. The van der Waals surface area contributed by atoms with E-state index in [4.69, 9.17) is 10.5 Å². The molecule has 0 spiro atoms. The lowest BCUT2D eigenvalue weighted by Gasteiger charge is -2.32. The summed E-state index contributed by atoms with van der Waals surface area (Å²) in [4.78, 5) is 26.1. The number of nitrogens with two attached hydrogens (primary N) is 1. The number of carbonyl (C=O) groups excluding carboxylic acids is 2. The van der Waals surface area contributed by atoms with Gasteiger partial charge in [0.25, 0.3) is 5.91 Å². The van der Waals surface area contributed by atoms with Crippen molar-refractivity contribution in [2.24, 2.45) is 0 Å². The fraction of sp³-hybridized carbons (Fsp3) is 0.263. The van der Waals surface area contributed by atoms with Crippen molar-refractivity contribution < 1.29 is 14.3 Å². The van der Waals surface area contributed by atoms with E-state index >= 15 is 0 Å². The average Bonchev–Trinajstić information content (AvgIpc) is 2.60. The Morgan fingerprint density at radius 2 is 1.88 bits per heavy atom. The van der Waals surface area contributed by atoms with Crippen LogP contribution in [0.2, 0.25) is 0 Å². The lowest BCUT2D eigenvalue weighted by molar-refractivity contribution is -0.128. The van der Waals surface area contributed by atoms with E-state index < -0.39 is 6.10 Å². The van der Waals surface area contributed by atoms with Crippen molar-refractivity contribution in [3.05, 3.63) is 54.1 Å². The van der Waals surface area contributed by atoms with Crippen LogP contribution in [0, 0.1) is 0 Å². The van der Waals surface area contributed by atoms with E-state index in [1.165, 1.54) is 4.90 Å². The highest BCUT2D eigenvalue weighted by atomic mass is 35.5. The van der Waals surface area contributed by atoms with Crippen LogP contribution in [-0.4, -0.2) is 31.0 Å². The number of nitrogens with zero attached hydrogens (tertiary/aromatic N) is 1. The Labute approximate surface area is 158 Å². The van der Waals surface area contributed by atoms with Crippen molar-refractivity contribution in [2.45, 2.75) is 19.4 Å². The Morgan fingerprint density at radius 3 is 2.62 bits per heavy atom. The van der Waals surface area contributed by atoms with Gasteiger partial charge >= 0.3 is 0 Å². The molecule has 0 bridgehead atoms. The standard InChI is InChI=1S/C19H21N3O3.ClH/c1-13-19(24)22(16-4-2-3-5-17(16)25-13)12-18(23)21-11-10-14-6-8-15(20)9-7-14;/h2-9,13H,10-12,20H2,1H3,(H,21,23);1H. The Kier molecular flexibility index (Phi) is 6.46. The molecule has 138 valence electrons. The van der Waals surface area contributed by atoms with Crippen LogP contribution in [-0.2, 0) is 16.0 Å². The molecule has 7 heteroatoms. The van der Waals surface area contributed by atoms with Crippen molar-refractivity contribution in [1.29, 1.82) is 0 Å². The maximum atomic E-state index is 12.4. The van der Waals surface area contributed by atoms with E-state index in [1.807, 2.05) is 36.4 Å². The molecule has 0 fully saturated rings. The number of carbonyl (C=O) groups is 2. The van der Waals surface area contributed by atoms with Gasteiger partial charge in [-0.05, 0) is 43.2 Å².